The Kier molecular flexibility index (Phi) is 3.64. The molecule has 1 heteroatoms. The van der Waals surface area contributed by atoms with Crippen molar-refractivity contribution in [2.75, 3.05) is 0 Å². The Morgan fingerprint density at radius 3 is 1.89 bits per heavy atom. The van der Waals surface area contributed by atoms with Gasteiger partial charge in [-0.1, -0.05) is 34.6 Å². The fourth-order valence-corrected chi connectivity index (χ4v) is 1.22. The molecule has 1 radical (unpaired) electrons. The van der Waals surface area contributed by atoms with Crippen molar-refractivity contribution in [3.8, 4) is 0 Å². The first-order chi connectivity index (χ1) is 3.98. The van der Waals surface area contributed by atoms with Crippen LogP contribution < -0.4 is 0 Å². The minimum Gasteiger partial charge on any atom is -0.154 e. The average Bonchev–Trinajstić information content (AvgIpc) is 1.64. The second kappa shape index (κ2) is 3.50. The van der Waals surface area contributed by atoms with Crippen LogP contribution in [0.1, 0.15) is 34.6 Å². The lowest BCUT2D eigenvalue weighted by Gasteiger charge is -2.25. The summed E-state index contributed by atoms with van der Waals surface area (Å²) in [6, 6.07) is 0. The van der Waals surface area contributed by atoms with Crippen molar-refractivity contribution in [2.24, 2.45) is 5.41 Å². The number of thioether (sulfide) groups is 1. The highest BCUT2D eigenvalue weighted by Gasteiger charge is 2.18. The third kappa shape index (κ3) is 3.85. The zero-order valence-corrected chi connectivity index (χ0v) is 7.88. The van der Waals surface area contributed by atoms with Crippen LogP contribution in [0, 0.1) is 11.2 Å². The van der Waals surface area contributed by atoms with E-state index < -0.39 is 0 Å². The Balaban J connectivity index is 3.59. The fourth-order valence-electron chi connectivity index (χ4n) is 0.408. The first-order valence-corrected chi connectivity index (χ1v) is 4.36. The summed E-state index contributed by atoms with van der Waals surface area (Å²) in [5.74, 6) is 2.16. The lowest BCUT2D eigenvalue weighted by atomic mass is 9.93. The van der Waals surface area contributed by atoms with Crippen molar-refractivity contribution in [3.05, 3.63) is 5.75 Å². The molecule has 1 unspecified atom stereocenters. The van der Waals surface area contributed by atoms with E-state index in [0.29, 0.717) is 5.41 Å². The number of hydrogen-bond donors (Lipinski definition) is 0. The summed E-state index contributed by atoms with van der Waals surface area (Å²) in [6.07, 6.45) is 0. The van der Waals surface area contributed by atoms with Gasteiger partial charge in [-0.25, -0.2) is 0 Å². The van der Waals surface area contributed by atoms with E-state index in [1.165, 1.54) is 0 Å². The molecule has 0 heterocycles. The molecular formula is C8H17S. The van der Waals surface area contributed by atoms with Gasteiger partial charge in [0, 0.05) is 11.0 Å². The van der Waals surface area contributed by atoms with Gasteiger partial charge in [0.2, 0.25) is 0 Å². The van der Waals surface area contributed by atoms with Gasteiger partial charge in [0.05, 0.1) is 0 Å². The largest absolute Gasteiger partial charge is 0.154 e. The topological polar surface area (TPSA) is 0 Å². The first-order valence-electron chi connectivity index (χ1n) is 3.41. The van der Waals surface area contributed by atoms with Gasteiger partial charge in [0.25, 0.3) is 0 Å². The zero-order chi connectivity index (χ0) is 7.49. The molecule has 0 aromatic rings. The quantitative estimate of drug-likeness (QED) is 0.574. The van der Waals surface area contributed by atoms with Crippen LogP contribution in [0.3, 0.4) is 0 Å². The second-order valence-corrected chi connectivity index (χ2v) is 4.83. The molecule has 0 aliphatic rings. The van der Waals surface area contributed by atoms with E-state index >= 15 is 0 Å². The highest BCUT2D eigenvalue weighted by molar-refractivity contribution is 8.01. The molecule has 0 rings (SSSR count). The zero-order valence-electron chi connectivity index (χ0n) is 7.06. The van der Waals surface area contributed by atoms with E-state index in [4.69, 9.17) is 0 Å². The molecule has 0 aromatic carbocycles. The molecule has 0 aliphatic heterocycles. The third-order valence-corrected chi connectivity index (χ3v) is 2.95. The Morgan fingerprint density at radius 2 is 1.78 bits per heavy atom. The van der Waals surface area contributed by atoms with Crippen LogP contribution in [0.2, 0.25) is 0 Å². The minimum absolute atomic E-state index is 0.442. The van der Waals surface area contributed by atoms with Crippen LogP contribution >= 0.6 is 11.8 Å². The molecule has 0 spiro atoms. The summed E-state index contributed by atoms with van der Waals surface area (Å²) >= 11 is 1.91. The van der Waals surface area contributed by atoms with Crippen molar-refractivity contribution in [2.45, 2.75) is 39.9 Å². The maximum atomic E-state index is 2.27. The number of hydrogen-bond acceptors (Lipinski definition) is 1. The Bertz CT molecular complexity index is 71.1. The molecule has 55 valence electrons. The standard InChI is InChI=1S/C8H17S/c1-6-9-7(2)8(3,4)5/h6-7H,1-5H3. The SMILES string of the molecule is C[CH]SC(C)C(C)(C)C. The van der Waals surface area contributed by atoms with Gasteiger partial charge >= 0.3 is 0 Å². The lowest BCUT2D eigenvalue weighted by Crippen LogP contribution is -2.18. The molecule has 9 heavy (non-hydrogen) atoms. The lowest BCUT2D eigenvalue weighted by molar-refractivity contribution is 0.411. The van der Waals surface area contributed by atoms with E-state index in [-0.39, 0.29) is 0 Å². The van der Waals surface area contributed by atoms with Gasteiger partial charge < -0.3 is 0 Å². The monoisotopic (exact) mass is 145 g/mol. The molecular weight excluding hydrogens is 128 g/mol. The highest BCUT2D eigenvalue weighted by atomic mass is 32.2. The summed E-state index contributed by atoms with van der Waals surface area (Å²) in [7, 11) is 0. The van der Waals surface area contributed by atoms with E-state index in [9.17, 15) is 0 Å². The molecule has 0 saturated heterocycles. The molecule has 0 bridgehead atoms. The Labute approximate surface area is 63.4 Å². The van der Waals surface area contributed by atoms with E-state index in [1.54, 1.807) is 0 Å². The van der Waals surface area contributed by atoms with Crippen LogP contribution in [0.5, 0.6) is 0 Å². The van der Waals surface area contributed by atoms with Gasteiger partial charge in [-0.3, -0.25) is 0 Å². The molecule has 0 aliphatic carbocycles. The van der Waals surface area contributed by atoms with E-state index in [0.717, 1.165) is 5.25 Å². The predicted molar refractivity (Wildman–Crippen MR) is 46.5 cm³/mol. The smallest absolute Gasteiger partial charge is 0.0138 e. The van der Waals surface area contributed by atoms with Crippen LogP contribution in [0.4, 0.5) is 0 Å². The maximum Gasteiger partial charge on any atom is 0.0138 e. The highest BCUT2D eigenvalue weighted by Crippen LogP contribution is 2.30. The van der Waals surface area contributed by atoms with Crippen LogP contribution in [-0.2, 0) is 0 Å². The average molecular weight is 145 g/mol. The van der Waals surface area contributed by atoms with Gasteiger partial charge in [-0.05, 0) is 5.41 Å². The third-order valence-electron chi connectivity index (χ3n) is 1.56. The molecule has 0 aromatic heterocycles. The molecule has 0 N–H and O–H groups in total. The Morgan fingerprint density at radius 1 is 1.33 bits per heavy atom. The predicted octanol–water partition coefficient (Wildman–Crippen LogP) is 3.34. The molecule has 0 amide bonds. The summed E-state index contributed by atoms with van der Waals surface area (Å²) in [6.45, 7) is 11.2. The second-order valence-electron chi connectivity index (χ2n) is 3.38. The molecule has 0 saturated carbocycles. The summed E-state index contributed by atoms with van der Waals surface area (Å²) in [4.78, 5) is 0. The molecule has 0 fully saturated rings. The molecule has 1 atom stereocenters. The van der Waals surface area contributed by atoms with Crippen molar-refractivity contribution in [3.63, 3.8) is 0 Å². The summed E-state index contributed by atoms with van der Waals surface area (Å²) in [5, 5.41) is 0.725. The van der Waals surface area contributed by atoms with Crippen molar-refractivity contribution in [1.29, 1.82) is 0 Å². The van der Waals surface area contributed by atoms with Crippen molar-refractivity contribution in [1.82, 2.24) is 0 Å². The van der Waals surface area contributed by atoms with Crippen LogP contribution in [-0.4, -0.2) is 5.25 Å². The minimum atomic E-state index is 0.442. The summed E-state index contributed by atoms with van der Waals surface area (Å²) < 4.78 is 0. The van der Waals surface area contributed by atoms with Crippen molar-refractivity contribution < 1.29 is 0 Å². The van der Waals surface area contributed by atoms with E-state index in [1.807, 2.05) is 11.8 Å². The molecule has 0 nitrogen and oxygen atoms in total. The normalized spacial score (nSPS) is 15.7. The summed E-state index contributed by atoms with van der Waals surface area (Å²) in [5.41, 5.74) is 0.442. The van der Waals surface area contributed by atoms with E-state index in [2.05, 4.69) is 40.4 Å². The van der Waals surface area contributed by atoms with Gasteiger partial charge in [0.1, 0.15) is 0 Å². The van der Waals surface area contributed by atoms with Gasteiger partial charge in [0.15, 0.2) is 0 Å². The van der Waals surface area contributed by atoms with Gasteiger partial charge in [-0.2, -0.15) is 11.8 Å². The van der Waals surface area contributed by atoms with Crippen LogP contribution in [0.15, 0.2) is 0 Å². The fraction of sp³-hybridized carbons (Fsp3) is 0.875. The first kappa shape index (κ1) is 9.35. The van der Waals surface area contributed by atoms with Gasteiger partial charge in [-0.15, -0.1) is 0 Å². The number of rotatable bonds is 2. The van der Waals surface area contributed by atoms with Crippen LogP contribution in [0.25, 0.3) is 0 Å². The maximum absolute atomic E-state index is 2.27. The Hall–Kier alpha value is 0.350. The van der Waals surface area contributed by atoms with Crippen molar-refractivity contribution >= 4 is 11.8 Å².